The van der Waals surface area contributed by atoms with Gasteiger partial charge in [-0.1, -0.05) is 0 Å². The topological polar surface area (TPSA) is 87.5 Å². The van der Waals surface area contributed by atoms with E-state index in [0.29, 0.717) is 13.1 Å². The number of rotatable bonds is 3. The molecule has 1 aromatic rings. The Labute approximate surface area is 116 Å². The molecule has 1 saturated heterocycles. The number of aromatic nitrogens is 2. The average molecular weight is 278 g/mol. The zero-order chi connectivity index (χ0) is 14.9. The Morgan fingerprint density at radius 2 is 2.25 bits per heavy atom. The van der Waals surface area contributed by atoms with Crippen LogP contribution in [-0.2, 0) is 16.6 Å². The number of carboxylic acid groups (broad SMARTS) is 1. The first kappa shape index (κ1) is 14.1. The van der Waals surface area contributed by atoms with Gasteiger partial charge in [-0.2, -0.15) is 5.10 Å². The van der Waals surface area contributed by atoms with Crippen molar-refractivity contribution in [1.82, 2.24) is 15.1 Å². The summed E-state index contributed by atoms with van der Waals surface area (Å²) in [5.74, 6) is -0.283. The van der Waals surface area contributed by atoms with Crippen molar-refractivity contribution in [2.75, 3.05) is 18.0 Å². The van der Waals surface area contributed by atoms with Gasteiger partial charge in [0, 0.05) is 31.8 Å². The monoisotopic (exact) mass is 278 g/mol. The molecular formula is C13H18N4O3. The quantitative estimate of drug-likeness (QED) is 0.769. The number of carbonyl (C=O) groups excluding carboxylic acids is 1. The third kappa shape index (κ3) is 2.52. The van der Waals surface area contributed by atoms with E-state index in [2.05, 4.69) is 10.4 Å². The molecule has 2 rings (SSSR count). The van der Waals surface area contributed by atoms with Crippen molar-refractivity contribution in [3.63, 3.8) is 0 Å². The highest BCUT2D eigenvalue weighted by atomic mass is 16.4. The van der Waals surface area contributed by atoms with Crippen LogP contribution in [0.5, 0.6) is 0 Å². The molecule has 0 aromatic carbocycles. The van der Waals surface area contributed by atoms with Crippen molar-refractivity contribution in [1.29, 1.82) is 0 Å². The Kier molecular flexibility index (Phi) is 3.78. The van der Waals surface area contributed by atoms with Gasteiger partial charge in [-0.05, 0) is 19.9 Å². The first-order valence-electron chi connectivity index (χ1n) is 6.40. The molecule has 2 N–H and O–H groups in total. The highest BCUT2D eigenvalue weighted by molar-refractivity contribution is 5.89. The van der Waals surface area contributed by atoms with E-state index in [9.17, 15) is 9.59 Å². The molecule has 0 saturated carbocycles. The predicted molar refractivity (Wildman–Crippen MR) is 74.4 cm³/mol. The second-order valence-electron chi connectivity index (χ2n) is 4.78. The Hall–Kier alpha value is -2.31. The van der Waals surface area contributed by atoms with Crippen LogP contribution >= 0.6 is 0 Å². The summed E-state index contributed by atoms with van der Waals surface area (Å²) in [4.78, 5) is 24.4. The molecule has 0 bridgehead atoms. The lowest BCUT2D eigenvalue weighted by Crippen LogP contribution is -2.54. The van der Waals surface area contributed by atoms with Gasteiger partial charge in [0.25, 0.3) is 0 Å². The van der Waals surface area contributed by atoms with Crippen molar-refractivity contribution in [3.05, 3.63) is 17.3 Å². The summed E-state index contributed by atoms with van der Waals surface area (Å²) < 4.78 is 1.69. The second kappa shape index (κ2) is 5.36. The number of hydrogen-bond donors (Lipinski definition) is 2. The van der Waals surface area contributed by atoms with E-state index in [1.165, 1.54) is 6.08 Å². The number of nitrogens with zero attached hydrogens (tertiary/aromatic N) is 3. The molecule has 1 aromatic heterocycles. The van der Waals surface area contributed by atoms with Crippen LogP contribution in [0.3, 0.4) is 0 Å². The Morgan fingerprint density at radius 1 is 1.55 bits per heavy atom. The van der Waals surface area contributed by atoms with E-state index in [0.717, 1.165) is 23.2 Å². The normalized spacial score (nSPS) is 19.4. The molecule has 1 aliphatic heterocycles. The molecule has 0 aliphatic carbocycles. The van der Waals surface area contributed by atoms with Gasteiger partial charge in [0.05, 0.1) is 5.69 Å². The van der Waals surface area contributed by atoms with E-state index in [1.54, 1.807) is 11.7 Å². The van der Waals surface area contributed by atoms with Gasteiger partial charge in [0.2, 0.25) is 5.91 Å². The Bertz CT molecular complexity index is 576. The summed E-state index contributed by atoms with van der Waals surface area (Å²) in [6.07, 6.45) is 2.61. The zero-order valence-corrected chi connectivity index (χ0v) is 11.8. The molecule has 1 fully saturated rings. The van der Waals surface area contributed by atoms with Crippen molar-refractivity contribution in [2.24, 2.45) is 7.05 Å². The van der Waals surface area contributed by atoms with Crippen LogP contribution < -0.4 is 10.2 Å². The highest BCUT2D eigenvalue weighted by Gasteiger charge is 2.29. The molecule has 2 heterocycles. The number of amides is 1. The van der Waals surface area contributed by atoms with E-state index >= 15 is 0 Å². The number of nitrogens with one attached hydrogen (secondary N) is 1. The van der Waals surface area contributed by atoms with Crippen LogP contribution in [0, 0.1) is 6.92 Å². The van der Waals surface area contributed by atoms with E-state index < -0.39 is 5.97 Å². The van der Waals surface area contributed by atoms with Gasteiger partial charge in [-0.25, -0.2) is 4.79 Å². The van der Waals surface area contributed by atoms with Crippen LogP contribution in [0.1, 0.15) is 18.2 Å². The molecule has 7 nitrogen and oxygen atoms in total. The standard InChI is InChI=1S/C13H18N4O3/c1-8-10(4-5-11(18)19)13(16(3)15-8)17-7-6-14-12(20)9(17)2/h4-5,9H,6-7H2,1-3H3,(H,14,20)(H,18,19). The molecule has 1 aliphatic rings. The fourth-order valence-corrected chi connectivity index (χ4v) is 2.42. The number of carboxylic acids is 1. The molecular weight excluding hydrogens is 260 g/mol. The lowest BCUT2D eigenvalue weighted by atomic mass is 10.1. The van der Waals surface area contributed by atoms with Crippen LogP contribution in [0.4, 0.5) is 5.82 Å². The minimum atomic E-state index is -1.01. The molecule has 108 valence electrons. The number of aryl methyl sites for hydroxylation is 2. The molecule has 1 atom stereocenters. The van der Waals surface area contributed by atoms with Gasteiger partial charge in [-0.3, -0.25) is 9.48 Å². The first-order valence-corrected chi connectivity index (χ1v) is 6.40. The highest BCUT2D eigenvalue weighted by Crippen LogP contribution is 2.27. The lowest BCUT2D eigenvalue weighted by Gasteiger charge is -2.34. The van der Waals surface area contributed by atoms with E-state index in [4.69, 9.17) is 5.11 Å². The van der Waals surface area contributed by atoms with Crippen molar-refractivity contribution in [2.45, 2.75) is 19.9 Å². The maximum Gasteiger partial charge on any atom is 0.328 e. The van der Waals surface area contributed by atoms with Crippen LogP contribution in [0.25, 0.3) is 6.08 Å². The molecule has 0 spiro atoms. The summed E-state index contributed by atoms with van der Waals surface area (Å²) >= 11 is 0. The van der Waals surface area contributed by atoms with E-state index in [-0.39, 0.29) is 11.9 Å². The van der Waals surface area contributed by atoms with Gasteiger partial charge in [-0.15, -0.1) is 0 Å². The van der Waals surface area contributed by atoms with Crippen molar-refractivity contribution < 1.29 is 14.7 Å². The largest absolute Gasteiger partial charge is 0.478 e. The zero-order valence-electron chi connectivity index (χ0n) is 11.8. The van der Waals surface area contributed by atoms with Crippen LogP contribution in [-0.4, -0.2) is 45.9 Å². The van der Waals surface area contributed by atoms with E-state index in [1.807, 2.05) is 18.7 Å². The third-order valence-corrected chi connectivity index (χ3v) is 3.40. The first-order chi connectivity index (χ1) is 9.41. The average Bonchev–Trinajstić information content (AvgIpc) is 2.65. The fourth-order valence-electron chi connectivity index (χ4n) is 2.42. The smallest absolute Gasteiger partial charge is 0.328 e. The maximum atomic E-state index is 11.8. The lowest BCUT2D eigenvalue weighted by molar-refractivity contribution is -0.131. The number of hydrogen-bond acceptors (Lipinski definition) is 4. The van der Waals surface area contributed by atoms with Crippen LogP contribution in [0.2, 0.25) is 0 Å². The summed E-state index contributed by atoms with van der Waals surface area (Å²) in [5, 5.41) is 15.9. The number of piperazine rings is 1. The third-order valence-electron chi connectivity index (χ3n) is 3.40. The number of aliphatic carboxylic acids is 1. The Balaban J connectivity index is 2.45. The summed E-state index contributed by atoms with van der Waals surface area (Å²) in [6, 6.07) is -0.310. The van der Waals surface area contributed by atoms with Gasteiger partial charge in [0.1, 0.15) is 11.9 Å². The number of anilines is 1. The molecule has 1 unspecified atom stereocenters. The predicted octanol–water partition coefficient (Wildman–Crippen LogP) is 0.151. The fraction of sp³-hybridized carbons (Fsp3) is 0.462. The molecule has 0 radical (unpaired) electrons. The second-order valence-corrected chi connectivity index (χ2v) is 4.78. The molecule has 20 heavy (non-hydrogen) atoms. The van der Waals surface area contributed by atoms with Crippen molar-refractivity contribution >= 4 is 23.8 Å². The van der Waals surface area contributed by atoms with Gasteiger partial charge >= 0.3 is 5.97 Å². The molecule has 7 heteroatoms. The summed E-state index contributed by atoms with van der Waals surface area (Å²) in [7, 11) is 1.79. The molecule has 1 amide bonds. The van der Waals surface area contributed by atoms with Crippen LogP contribution in [0.15, 0.2) is 6.08 Å². The minimum Gasteiger partial charge on any atom is -0.478 e. The maximum absolute atomic E-state index is 11.8. The van der Waals surface area contributed by atoms with Gasteiger partial charge < -0.3 is 15.3 Å². The summed E-state index contributed by atoms with van der Waals surface area (Å²) in [5.41, 5.74) is 1.47. The van der Waals surface area contributed by atoms with Crippen molar-refractivity contribution in [3.8, 4) is 0 Å². The SMILES string of the molecule is Cc1nn(C)c(N2CCNC(=O)C2C)c1C=CC(=O)O. The summed E-state index contributed by atoms with van der Waals surface area (Å²) in [6.45, 7) is 4.87. The minimum absolute atomic E-state index is 0.0386. The van der Waals surface area contributed by atoms with Gasteiger partial charge in [0.15, 0.2) is 0 Å². The number of carbonyl (C=O) groups is 2. The Morgan fingerprint density at radius 3 is 2.90 bits per heavy atom.